The minimum atomic E-state index is -0.274. The first-order chi connectivity index (χ1) is 16.8. The Hall–Kier alpha value is -2.99. The molecule has 6 heteroatoms. The summed E-state index contributed by atoms with van der Waals surface area (Å²) in [5, 5.41) is 4.59. The largest absolute Gasteiger partial charge is 0.382 e. The Labute approximate surface area is 207 Å². The summed E-state index contributed by atoms with van der Waals surface area (Å²) in [6, 6.07) is 11.2. The van der Waals surface area contributed by atoms with E-state index in [0.29, 0.717) is 24.4 Å². The molecule has 4 rings (SSSR count). The summed E-state index contributed by atoms with van der Waals surface area (Å²) >= 11 is 0. The van der Waals surface area contributed by atoms with Crippen molar-refractivity contribution in [3.63, 3.8) is 0 Å². The summed E-state index contributed by atoms with van der Waals surface area (Å²) < 4.78 is 16.2. The molecule has 0 radical (unpaired) electrons. The van der Waals surface area contributed by atoms with Crippen molar-refractivity contribution in [1.29, 1.82) is 0 Å². The van der Waals surface area contributed by atoms with Crippen LogP contribution in [0.15, 0.2) is 36.4 Å². The fourth-order valence-electron chi connectivity index (χ4n) is 5.15. The van der Waals surface area contributed by atoms with Gasteiger partial charge in [0.25, 0.3) is 0 Å². The third-order valence-corrected chi connectivity index (χ3v) is 7.00. The first-order valence-corrected chi connectivity index (χ1v) is 12.5. The molecule has 5 nitrogen and oxygen atoms in total. The van der Waals surface area contributed by atoms with Crippen LogP contribution in [-0.2, 0) is 18.3 Å². The molecule has 1 aromatic heterocycles. The van der Waals surface area contributed by atoms with Crippen LogP contribution < -0.4 is 11.1 Å². The molecule has 1 aliphatic carbocycles. The highest BCUT2D eigenvalue weighted by atomic mass is 19.1. The van der Waals surface area contributed by atoms with Crippen LogP contribution >= 0.6 is 0 Å². The van der Waals surface area contributed by atoms with E-state index in [1.54, 1.807) is 6.07 Å². The lowest BCUT2D eigenvalue weighted by molar-refractivity contribution is -0.109. The molecular weight excluding hydrogens is 441 g/mol. The Morgan fingerprint density at radius 2 is 1.80 bits per heavy atom. The van der Waals surface area contributed by atoms with Crippen molar-refractivity contribution >= 4 is 29.2 Å². The average Bonchev–Trinajstić information content (AvgIpc) is 3.11. The van der Waals surface area contributed by atoms with Crippen molar-refractivity contribution in [3.8, 4) is 11.1 Å². The number of aldehydes is 2. The van der Waals surface area contributed by atoms with Gasteiger partial charge in [0.1, 0.15) is 12.1 Å². The van der Waals surface area contributed by atoms with Crippen molar-refractivity contribution in [3.05, 3.63) is 53.5 Å². The number of rotatable bonds is 8. The zero-order valence-corrected chi connectivity index (χ0v) is 21.4. The highest BCUT2D eigenvalue weighted by Crippen LogP contribution is 2.40. The van der Waals surface area contributed by atoms with Crippen LogP contribution in [0.4, 0.5) is 10.1 Å². The number of hydrogen-bond acceptors (Lipinski definition) is 4. The van der Waals surface area contributed by atoms with Crippen molar-refractivity contribution in [2.45, 2.75) is 64.8 Å². The van der Waals surface area contributed by atoms with Gasteiger partial charge >= 0.3 is 0 Å². The van der Waals surface area contributed by atoms with Gasteiger partial charge < -0.3 is 20.4 Å². The van der Waals surface area contributed by atoms with Crippen molar-refractivity contribution < 1.29 is 14.0 Å². The van der Waals surface area contributed by atoms with Crippen molar-refractivity contribution in [2.24, 2.45) is 18.2 Å². The van der Waals surface area contributed by atoms with Gasteiger partial charge in [-0.15, -0.1) is 0 Å². The zero-order chi connectivity index (χ0) is 25.6. The summed E-state index contributed by atoms with van der Waals surface area (Å²) in [7, 11) is 3.46. The molecule has 188 valence electrons. The second-order valence-corrected chi connectivity index (χ2v) is 10.2. The molecule has 0 amide bonds. The second-order valence-electron chi connectivity index (χ2n) is 10.2. The number of nitrogens with one attached hydrogen (secondary N) is 1. The van der Waals surface area contributed by atoms with E-state index < -0.39 is 0 Å². The lowest BCUT2D eigenvalue weighted by atomic mass is 9.83. The molecule has 2 aromatic carbocycles. The van der Waals surface area contributed by atoms with Crippen LogP contribution in [0, 0.1) is 11.2 Å². The second kappa shape index (κ2) is 11.6. The van der Waals surface area contributed by atoms with E-state index in [0.717, 1.165) is 58.8 Å². The number of aryl methyl sites for hydroxylation is 1. The SMILES string of the molecule is CN.Cn1c(CC(C)(C)CC=O)c(-c2ccc(C=O)c(NC3CCCCC3)c2)c2ccc(F)cc21. The van der Waals surface area contributed by atoms with E-state index in [2.05, 4.69) is 31.0 Å². The van der Waals surface area contributed by atoms with Gasteiger partial charge in [0, 0.05) is 47.4 Å². The summed E-state index contributed by atoms with van der Waals surface area (Å²) in [5.74, 6) is -0.274. The third-order valence-electron chi connectivity index (χ3n) is 7.00. The molecule has 0 aliphatic heterocycles. The Morgan fingerprint density at radius 1 is 1.09 bits per heavy atom. The highest BCUT2D eigenvalue weighted by molar-refractivity contribution is 5.99. The van der Waals surface area contributed by atoms with Crippen LogP contribution in [0.5, 0.6) is 0 Å². The Kier molecular flexibility index (Phi) is 8.84. The number of nitrogens with two attached hydrogens (primary N) is 1. The molecule has 35 heavy (non-hydrogen) atoms. The summed E-state index contributed by atoms with van der Waals surface area (Å²) in [6.07, 6.45) is 8.90. The number of aromatic nitrogens is 1. The molecule has 1 aliphatic rings. The maximum atomic E-state index is 14.1. The topological polar surface area (TPSA) is 77.1 Å². The minimum absolute atomic E-state index is 0.233. The number of carbonyl (C=O) groups excluding carboxylic acids is 2. The van der Waals surface area contributed by atoms with Gasteiger partial charge in [-0.3, -0.25) is 4.79 Å². The van der Waals surface area contributed by atoms with E-state index in [-0.39, 0.29) is 11.2 Å². The van der Waals surface area contributed by atoms with Gasteiger partial charge in [0.15, 0.2) is 6.29 Å². The zero-order valence-electron chi connectivity index (χ0n) is 21.4. The van der Waals surface area contributed by atoms with E-state index in [1.807, 2.05) is 29.8 Å². The lowest BCUT2D eigenvalue weighted by Crippen LogP contribution is -2.23. The minimum Gasteiger partial charge on any atom is -0.382 e. The summed E-state index contributed by atoms with van der Waals surface area (Å²) in [5.41, 5.74) is 9.69. The number of benzene rings is 2. The standard InChI is InChI=1S/C28H33FN2O2.CH5N/c1-28(2,13-14-32)17-26-27(23-12-11-21(29)16-25(23)31(26)3)19-9-10-20(18-33)24(15-19)30-22-7-5-4-6-8-22;1-2/h9-12,14-16,18,22,30H,4-8,13,17H2,1-3H3;2H2,1H3. The van der Waals surface area contributed by atoms with Gasteiger partial charge in [-0.2, -0.15) is 0 Å². The smallest absolute Gasteiger partial charge is 0.152 e. The Bertz CT molecular complexity index is 1180. The van der Waals surface area contributed by atoms with Crippen LogP contribution in [-0.4, -0.2) is 30.2 Å². The van der Waals surface area contributed by atoms with Gasteiger partial charge in [0.05, 0.1) is 5.52 Å². The number of anilines is 1. The number of hydrogen-bond donors (Lipinski definition) is 2. The first-order valence-electron chi connectivity index (χ1n) is 12.5. The number of nitrogens with zero attached hydrogens (tertiary/aromatic N) is 1. The first kappa shape index (κ1) is 26.6. The van der Waals surface area contributed by atoms with Crippen LogP contribution in [0.25, 0.3) is 22.0 Å². The van der Waals surface area contributed by atoms with Gasteiger partial charge in [-0.05, 0) is 67.6 Å². The molecule has 0 unspecified atom stereocenters. The summed E-state index contributed by atoms with van der Waals surface area (Å²) in [4.78, 5) is 23.1. The normalized spacial score (nSPS) is 14.3. The van der Waals surface area contributed by atoms with Crippen molar-refractivity contribution in [2.75, 3.05) is 12.4 Å². The fourth-order valence-corrected chi connectivity index (χ4v) is 5.15. The van der Waals surface area contributed by atoms with E-state index in [1.165, 1.54) is 32.4 Å². The monoisotopic (exact) mass is 479 g/mol. The van der Waals surface area contributed by atoms with Gasteiger partial charge in [0.2, 0.25) is 0 Å². The van der Waals surface area contributed by atoms with Crippen LogP contribution in [0.2, 0.25) is 0 Å². The lowest BCUT2D eigenvalue weighted by Gasteiger charge is -2.25. The van der Waals surface area contributed by atoms with E-state index >= 15 is 0 Å². The predicted octanol–water partition coefficient (Wildman–Crippen LogP) is 6.27. The maximum Gasteiger partial charge on any atom is 0.152 e. The third kappa shape index (κ3) is 5.99. The molecule has 1 saturated carbocycles. The Morgan fingerprint density at radius 3 is 2.46 bits per heavy atom. The molecule has 0 bridgehead atoms. The van der Waals surface area contributed by atoms with Crippen LogP contribution in [0.3, 0.4) is 0 Å². The van der Waals surface area contributed by atoms with Gasteiger partial charge in [-0.1, -0.05) is 39.2 Å². The predicted molar refractivity (Wildman–Crippen MR) is 142 cm³/mol. The quantitative estimate of drug-likeness (QED) is 0.373. The molecule has 3 N–H and O–H groups in total. The maximum absolute atomic E-state index is 14.1. The molecule has 0 spiro atoms. The summed E-state index contributed by atoms with van der Waals surface area (Å²) in [6.45, 7) is 4.16. The number of halogens is 1. The van der Waals surface area contributed by atoms with E-state index in [9.17, 15) is 14.0 Å². The van der Waals surface area contributed by atoms with Crippen molar-refractivity contribution in [1.82, 2.24) is 4.57 Å². The van der Waals surface area contributed by atoms with Gasteiger partial charge in [-0.25, -0.2) is 4.39 Å². The molecule has 0 atom stereocenters. The fraction of sp³-hybridized carbons (Fsp3) is 0.448. The molecule has 0 saturated heterocycles. The number of carbonyl (C=O) groups is 2. The average molecular weight is 480 g/mol. The van der Waals surface area contributed by atoms with Crippen LogP contribution in [0.1, 0.15) is 68.4 Å². The molecule has 1 fully saturated rings. The molecular formula is C29H38FN3O2. The highest BCUT2D eigenvalue weighted by Gasteiger charge is 2.25. The molecule has 1 heterocycles. The number of fused-ring (bicyclic) bond motifs is 1. The van der Waals surface area contributed by atoms with E-state index in [4.69, 9.17) is 0 Å². The molecule has 3 aromatic rings. The Balaban J connectivity index is 0.00000167.